The van der Waals surface area contributed by atoms with E-state index >= 15 is 0 Å². The highest BCUT2D eigenvalue weighted by molar-refractivity contribution is 6.01. The monoisotopic (exact) mass is 464 g/mol. The van der Waals surface area contributed by atoms with Gasteiger partial charge >= 0.3 is 12.1 Å². The molecule has 2 aromatic heterocycles. The molecule has 0 bridgehead atoms. The molecular weight excluding hydrogens is 436 g/mol. The largest absolute Gasteiger partial charge is 0.453 e. The summed E-state index contributed by atoms with van der Waals surface area (Å²) < 4.78 is 4.66. The second kappa shape index (κ2) is 10.2. The SMILES string of the molecule is CCNC(=O)Nc1cc2c(-c3ccnc(C(C)(C)C(N)=O)c3)ccc(CNC(=O)OC)c2cn1. The minimum atomic E-state index is -0.956. The van der Waals surface area contributed by atoms with Gasteiger partial charge in [0.25, 0.3) is 0 Å². The van der Waals surface area contributed by atoms with Crippen molar-refractivity contribution in [2.45, 2.75) is 32.7 Å². The van der Waals surface area contributed by atoms with Crippen molar-refractivity contribution in [3.8, 4) is 11.1 Å². The number of nitrogens with two attached hydrogens (primary N) is 1. The topological polar surface area (TPSA) is 148 Å². The third-order valence-corrected chi connectivity index (χ3v) is 5.51. The molecule has 10 heteroatoms. The lowest BCUT2D eigenvalue weighted by molar-refractivity contribution is -0.122. The number of amides is 4. The average molecular weight is 465 g/mol. The number of pyridine rings is 2. The number of methoxy groups -OCH3 is 1. The van der Waals surface area contributed by atoms with Crippen LogP contribution >= 0.6 is 0 Å². The molecule has 2 heterocycles. The molecule has 0 fully saturated rings. The summed E-state index contributed by atoms with van der Waals surface area (Å²) in [6, 6.07) is 8.84. The predicted octanol–water partition coefficient (Wildman–Crippen LogP) is 3.06. The van der Waals surface area contributed by atoms with Crippen LogP contribution in [0.5, 0.6) is 0 Å². The molecule has 34 heavy (non-hydrogen) atoms. The Labute approximate surface area is 197 Å². The van der Waals surface area contributed by atoms with Crippen LogP contribution in [0.3, 0.4) is 0 Å². The number of carbonyl (C=O) groups is 3. The van der Waals surface area contributed by atoms with Crippen LogP contribution in [0.25, 0.3) is 21.9 Å². The molecule has 0 spiro atoms. The molecule has 0 aliphatic heterocycles. The summed E-state index contributed by atoms with van der Waals surface area (Å²) in [5, 5.41) is 9.64. The van der Waals surface area contributed by atoms with Crippen LogP contribution < -0.4 is 21.7 Å². The third kappa shape index (κ3) is 5.22. The van der Waals surface area contributed by atoms with Gasteiger partial charge in [0, 0.05) is 30.9 Å². The highest BCUT2D eigenvalue weighted by atomic mass is 16.5. The average Bonchev–Trinajstić information content (AvgIpc) is 2.82. The fraction of sp³-hybridized carbons (Fsp3) is 0.292. The molecule has 4 amide bonds. The lowest BCUT2D eigenvalue weighted by atomic mass is 9.86. The van der Waals surface area contributed by atoms with E-state index in [1.165, 1.54) is 7.11 Å². The van der Waals surface area contributed by atoms with Crippen molar-refractivity contribution in [3.63, 3.8) is 0 Å². The van der Waals surface area contributed by atoms with Crippen LogP contribution in [0.15, 0.2) is 42.7 Å². The first-order valence-electron chi connectivity index (χ1n) is 10.7. The minimum absolute atomic E-state index is 0.227. The summed E-state index contributed by atoms with van der Waals surface area (Å²) in [4.78, 5) is 44.3. The Morgan fingerprint density at radius 3 is 2.50 bits per heavy atom. The fourth-order valence-electron chi connectivity index (χ4n) is 3.40. The molecule has 3 aromatic rings. The summed E-state index contributed by atoms with van der Waals surface area (Å²) in [5.41, 5.74) is 7.63. The van der Waals surface area contributed by atoms with Crippen LogP contribution in [-0.4, -0.2) is 41.7 Å². The van der Waals surface area contributed by atoms with Gasteiger partial charge in [0.1, 0.15) is 5.82 Å². The van der Waals surface area contributed by atoms with Gasteiger partial charge in [0.05, 0.1) is 18.2 Å². The highest BCUT2D eigenvalue weighted by Crippen LogP contribution is 2.34. The van der Waals surface area contributed by atoms with Gasteiger partial charge in [-0.3, -0.25) is 15.1 Å². The van der Waals surface area contributed by atoms with Crippen LogP contribution in [0.1, 0.15) is 32.0 Å². The normalized spacial score (nSPS) is 11.1. The van der Waals surface area contributed by atoms with E-state index in [1.54, 1.807) is 32.3 Å². The number of fused-ring (bicyclic) bond motifs is 1. The number of hydrogen-bond acceptors (Lipinski definition) is 6. The van der Waals surface area contributed by atoms with Gasteiger partial charge < -0.3 is 21.1 Å². The molecule has 178 valence electrons. The Morgan fingerprint density at radius 1 is 1.06 bits per heavy atom. The van der Waals surface area contributed by atoms with Crippen LogP contribution in [-0.2, 0) is 21.5 Å². The van der Waals surface area contributed by atoms with E-state index in [2.05, 4.69) is 30.7 Å². The molecule has 0 saturated carbocycles. The van der Waals surface area contributed by atoms with Gasteiger partial charge in [0.2, 0.25) is 5.91 Å². The van der Waals surface area contributed by atoms with E-state index in [4.69, 9.17) is 5.73 Å². The Kier molecular flexibility index (Phi) is 7.30. The van der Waals surface area contributed by atoms with Gasteiger partial charge in [-0.05, 0) is 61.0 Å². The van der Waals surface area contributed by atoms with E-state index < -0.39 is 17.4 Å². The van der Waals surface area contributed by atoms with Gasteiger partial charge in [-0.25, -0.2) is 14.6 Å². The summed E-state index contributed by atoms with van der Waals surface area (Å²) >= 11 is 0. The maximum atomic E-state index is 12.0. The summed E-state index contributed by atoms with van der Waals surface area (Å²) in [7, 11) is 1.30. The van der Waals surface area contributed by atoms with Crippen LogP contribution in [0.2, 0.25) is 0 Å². The molecular formula is C24H28N6O4. The van der Waals surface area contributed by atoms with Crippen molar-refractivity contribution < 1.29 is 19.1 Å². The van der Waals surface area contributed by atoms with E-state index in [0.29, 0.717) is 18.1 Å². The number of urea groups is 1. The number of carbonyl (C=O) groups excluding carboxylic acids is 3. The van der Waals surface area contributed by atoms with Crippen LogP contribution in [0, 0.1) is 0 Å². The van der Waals surface area contributed by atoms with Gasteiger partial charge in [-0.2, -0.15) is 0 Å². The van der Waals surface area contributed by atoms with Crippen LogP contribution in [0.4, 0.5) is 15.4 Å². The second-order valence-electron chi connectivity index (χ2n) is 8.14. The number of benzene rings is 1. The zero-order valence-electron chi connectivity index (χ0n) is 19.6. The van der Waals surface area contributed by atoms with Gasteiger partial charge in [-0.1, -0.05) is 12.1 Å². The maximum Gasteiger partial charge on any atom is 0.407 e. The molecule has 0 atom stereocenters. The van der Waals surface area contributed by atoms with Gasteiger partial charge in [0.15, 0.2) is 0 Å². The molecule has 0 aliphatic carbocycles. The number of alkyl carbamates (subject to hydrolysis) is 1. The Hall–Kier alpha value is -4.21. The first kappa shape index (κ1) is 24.4. The molecule has 1 aromatic carbocycles. The fourth-order valence-corrected chi connectivity index (χ4v) is 3.40. The standard InChI is InChI=1S/C24H28N6O4/c1-5-26-22(32)30-20-11-17-16(14-8-9-27-19(10-14)24(2,3)21(25)31)7-6-15(18(17)13-28-20)12-29-23(33)34-4/h6-11,13H,5,12H2,1-4H3,(H2,25,31)(H,29,33)(H2,26,28,30,32). The van der Waals surface area contributed by atoms with Crippen molar-refractivity contribution in [2.24, 2.45) is 5.73 Å². The van der Waals surface area contributed by atoms with Crippen molar-refractivity contribution in [3.05, 3.63) is 54.0 Å². The number of hydrogen-bond donors (Lipinski definition) is 4. The minimum Gasteiger partial charge on any atom is -0.453 e. The molecule has 5 N–H and O–H groups in total. The van der Waals surface area contributed by atoms with Crippen molar-refractivity contribution in [2.75, 3.05) is 19.0 Å². The van der Waals surface area contributed by atoms with Crippen molar-refractivity contribution in [1.29, 1.82) is 0 Å². The number of ether oxygens (including phenoxy) is 1. The molecule has 0 radical (unpaired) electrons. The zero-order chi connectivity index (χ0) is 24.9. The number of nitrogens with one attached hydrogen (secondary N) is 3. The third-order valence-electron chi connectivity index (χ3n) is 5.51. The van der Waals surface area contributed by atoms with E-state index in [-0.39, 0.29) is 12.6 Å². The summed E-state index contributed by atoms with van der Waals surface area (Å²) in [5.74, 6) is -0.117. The number of rotatable bonds is 7. The predicted molar refractivity (Wildman–Crippen MR) is 129 cm³/mol. The molecule has 0 aliphatic rings. The lowest BCUT2D eigenvalue weighted by Gasteiger charge is -2.21. The maximum absolute atomic E-state index is 12.0. The van der Waals surface area contributed by atoms with Crippen molar-refractivity contribution in [1.82, 2.24) is 20.6 Å². The number of aromatic nitrogens is 2. The number of nitrogens with zero attached hydrogens (tertiary/aromatic N) is 2. The first-order chi connectivity index (χ1) is 16.2. The smallest absolute Gasteiger partial charge is 0.407 e. The summed E-state index contributed by atoms with van der Waals surface area (Å²) in [6.45, 7) is 5.97. The Balaban J connectivity index is 2.14. The number of primary amides is 1. The van der Waals surface area contributed by atoms with E-state index in [0.717, 1.165) is 27.5 Å². The summed E-state index contributed by atoms with van der Waals surface area (Å²) in [6.07, 6.45) is 2.72. The molecule has 10 nitrogen and oxygen atoms in total. The Bertz CT molecular complexity index is 1240. The van der Waals surface area contributed by atoms with E-state index in [1.807, 2.05) is 31.2 Å². The second-order valence-corrected chi connectivity index (χ2v) is 8.14. The lowest BCUT2D eigenvalue weighted by Crippen LogP contribution is -2.36. The molecule has 0 unspecified atom stereocenters. The number of anilines is 1. The first-order valence-corrected chi connectivity index (χ1v) is 10.7. The van der Waals surface area contributed by atoms with Gasteiger partial charge in [-0.15, -0.1) is 0 Å². The highest BCUT2D eigenvalue weighted by Gasteiger charge is 2.29. The zero-order valence-corrected chi connectivity index (χ0v) is 19.6. The molecule has 3 rings (SSSR count). The Morgan fingerprint density at radius 2 is 1.82 bits per heavy atom. The molecule has 0 saturated heterocycles. The van der Waals surface area contributed by atoms with Crippen molar-refractivity contribution >= 4 is 34.6 Å². The van der Waals surface area contributed by atoms with E-state index in [9.17, 15) is 14.4 Å². The quantitative estimate of drug-likeness (QED) is 0.422.